The van der Waals surface area contributed by atoms with Crippen LogP contribution in [0.15, 0.2) is 18.2 Å². The molecule has 3 heteroatoms. The lowest BCUT2D eigenvalue weighted by Gasteiger charge is -2.09. The van der Waals surface area contributed by atoms with E-state index in [1.165, 1.54) is 12.0 Å². The minimum atomic E-state index is 0.556. The molecule has 1 saturated carbocycles. The van der Waals surface area contributed by atoms with Gasteiger partial charge in [0.1, 0.15) is 11.5 Å². The molecule has 2 atom stereocenters. The maximum absolute atomic E-state index is 5.65. The molecule has 1 aromatic carbocycles. The van der Waals surface area contributed by atoms with E-state index in [0.29, 0.717) is 11.8 Å². The van der Waals surface area contributed by atoms with Gasteiger partial charge in [-0.1, -0.05) is 0 Å². The van der Waals surface area contributed by atoms with Crippen LogP contribution in [0.5, 0.6) is 11.5 Å². The number of hydrogen-bond donors (Lipinski definition) is 1. The third-order valence-corrected chi connectivity index (χ3v) is 3.06. The number of rotatable bonds is 4. The molecule has 1 aliphatic rings. The van der Waals surface area contributed by atoms with Crippen LogP contribution in [0.1, 0.15) is 17.9 Å². The van der Waals surface area contributed by atoms with Crippen molar-refractivity contribution in [3.05, 3.63) is 23.8 Å². The van der Waals surface area contributed by atoms with Crippen molar-refractivity contribution in [2.45, 2.75) is 12.3 Å². The van der Waals surface area contributed by atoms with Crippen LogP contribution >= 0.6 is 0 Å². The van der Waals surface area contributed by atoms with Crippen molar-refractivity contribution >= 4 is 0 Å². The van der Waals surface area contributed by atoms with Crippen molar-refractivity contribution in [2.75, 3.05) is 20.8 Å². The summed E-state index contributed by atoms with van der Waals surface area (Å²) in [5, 5.41) is 0. The molecule has 0 spiro atoms. The molecule has 2 N–H and O–H groups in total. The molecule has 1 aromatic rings. The van der Waals surface area contributed by atoms with Crippen LogP contribution in [0.3, 0.4) is 0 Å². The highest BCUT2D eigenvalue weighted by Gasteiger charge is 2.38. The Morgan fingerprint density at radius 2 is 2.13 bits per heavy atom. The Hall–Kier alpha value is -1.22. The Kier molecular flexibility index (Phi) is 2.82. The summed E-state index contributed by atoms with van der Waals surface area (Å²) < 4.78 is 10.6. The van der Waals surface area contributed by atoms with Gasteiger partial charge in [-0.2, -0.15) is 0 Å². The first-order chi connectivity index (χ1) is 7.30. The highest BCUT2D eigenvalue weighted by molar-refractivity contribution is 5.45. The minimum absolute atomic E-state index is 0.556. The number of benzene rings is 1. The smallest absolute Gasteiger partial charge is 0.122 e. The van der Waals surface area contributed by atoms with Gasteiger partial charge in [-0.3, -0.25) is 0 Å². The lowest BCUT2D eigenvalue weighted by molar-refractivity contribution is 0.398. The van der Waals surface area contributed by atoms with Gasteiger partial charge < -0.3 is 15.2 Å². The molecular formula is C12H17NO2. The molecule has 3 nitrogen and oxygen atoms in total. The maximum atomic E-state index is 5.65. The zero-order valence-corrected chi connectivity index (χ0v) is 9.19. The van der Waals surface area contributed by atoms with E-state index in [2.05, 4.69) is 6.07 Å². The molecule has 1 fully saturated rings. The van der Waals surface area contributed by atoms with E-state index in [9.17, 15) is 0 Å². The highest BCUT2D eigenvalue weighted by atomic mass is 16.5. The predicted molar refractivity (Wildman–Crippen MR) is 59.4 cm³/mol. The van der Waals surface area contributed by atoms with E-state index in [-0.39, 0.29) is 0 Å². The molecule has 82 valence electrons. The quantitative estimate of drug-likeness (QED) is 0.818. The topological polar surface area (TPSA) is 44.5 Å². The Morgan fingerprint density at radius 3 is 2.67 bits per heavy atom. The van der Waals surface area contributed by atoms with Crippen LogP contribution in [0.4, 0.5) is 0 Å². The molecule has 0 saturated heterocycles. The molecule has 0 aliphatic heterocycles. The summed E-state index contributed by atoms with van der Waals surface area (Å²) in [5.74, 6) is 3.00. The summed E-state index contributed by atoms with van der Waals surface area (Å²) in [6.07, 6.45) is 1.17. The largest absolute Gasteiger partial charge is 0.497 e. The van der Waals surface area contributed by atoms with Crippen LogP contribution in [0.2, 0.25) is 0 Å². The summed E-state index contributed by atoms with van der Waals surface area (Å²) in [4.78, 5) is 0. The zero-order chi connectivity index (χ0) is 10.8. The van der Waals surface area contributed by atoms with Gasteiger partial charge in [-0.15, -0.1) is 0 Å². The van der Waals surface area contributed by atoms with Gasteiger partial charge in [0.2, 0.25) is 0 Å². The summed E-state index contributed by atoms with van der Waals surface area (Å²) in [5.41, 5.74) is 6.88. The number of hydrogen-bond acceptors (Lipinski definition) is 3. The van der Waals surface area contributed by atoms with Crippen molar-refractivity contribution in [3.8, 4) is 11.5 Å². The molecule has 0 radical (unpaired) electrons. The Balaban J connectivity index is 2.27. The van der Waals surface area contributed by atoms with Crippen LogP contribution < -0.4 is 15.2 Å². The van der Waals surface area contributed by atoms with Crippen molar-refractivity contribution in [1.82, 2.24) is 0 Å². The molecule has 0 bridgehead atoms. The predicted octanol–water partition coefficient (Wildman–Crippen LogP) is 1.77. The number of methoxy groups -OCH3 is 2. The first-order valence-corrected chi connectivity index (χ1v) is 5.22. The maximum Gasteiger partial charge on any atom is 0.122 e. The van der Waals surface area contributed by atoms with E-state index >= 15 is 0 Å². The normalized spacial score (nSPS) is 23.7. The average Bonchev–Trinajstić information content (AvgIpc) is 3.07. The summed E-state index contributed by atoms with van der Waals surface area (Å²) >= 11 is 0. The van der Waals surface area contributed by atoms with Crippen LogP contribution in [-0.4, -0.2) is 20.8 Å². The molecule has 2 rings (SSSR count). The Morgan fingerprint density at radius 1 is 1.33 bits per heavy atom. The molecule has 0 aromatic heterocycles. The lowest BCUT2D eigenvalue weighted by Crippen LogP contribution is -2.02. The van der Waals surface area contributed by atoms with Gasteiger partial charge in [0, 0.05) is 5.56 Å². The molecule has 1 aliphatic carbocycles. The van der Waals surface area contributed by atoms with Crippen molar-refractivity contribution in [3.63, 3.8) is 0 Å². The molecule has 15 heavy (non-hydrogen) atoms. The number of ether oxygens (including phenoxy) is 2. The van der Waals surface area contributed by atoms with E-state index in [4.69, 9.17) is 15.2 Å². The van der Waals surface area contributed by atoms with Crippen molar-refractivity contribution < 1.29 is 9.47 Å². The summed E-state index contributed by atoms with van der Waals surface area (Å²) in [7, 11) is 3.38. The van der Waals surface area contributed by atoms with Crippen molar-refractivity contribution in [2.24, 2.45) is 11.7 Å². The van der Waals surface area contributed by atoms with Crippen LogP contribution in [-0.2, 0) is 0 Å². The standard InChI is InChI=1S/C12H17NO2/c1-14-9-3-4-12(15-2)11(6-9)10-5-8(10)7-13/h3-4,6,8,10H,5,7,13H2,1-2H3/t8-,10-/m0/s1. The molecule has 0 amide bonds. The third-order valence-electron chi connectivity index (χ3n) is 3.06. The van der Waals surface area contributed by atoms with E-state index in [1.807, 2.05) is 12.1 Å². The molecule has 0 heterocycles. The second-order valence-corrected chi connectivity index (χ2v) is 3.95. The fourth-order valence-electron chi connectivity index (χ4n) is 2.02. The molecular weight excluding hydrogens is 190 g/mol. The van der Waals surface area contributed by atoms with Crippen LogP contribution in [0.25, 0.3) is 0 Å². The van der Waals surface area contributed by atoms with Gasteiger partial charge in [0.05, 0.1) is 14.2 Å². The summed E-state index contributed by atoms with van der Waals surface area (Å²) in [6.45, 7) is 0.755. The SMILES string of the molecule is COc1ccc(OC)c([C@H]2C[C@H]2CN)c1. The van der Waals surface area contributed by atoms with Crippen LogP contribution in [0, 0.1) is 5.92 Å². The first-order valence-electron chi connectivity index (χ1n) is 5.22. The Bertz CT molecular complexity index is 351. The molecule has 0 unspecified atom stereocenters. The summed E-state index contributed by atoms with van der Waals surface area (Å²) in [6, 6.07) is 5.93. The third kappa shape index (κ3) is 1.92. The number of nitrogens with two attached hydrogens (primary N) is 1. The fourth-order valence-corrected chi connectivity index (χ4v) is 2.02. The highest BCUT2D eigenvalue weighted by Crippen LogP contribution is 2.50. The average molecular weight is 207 g/mol. The van der Waals surface area contributed by atoms with E-state index in [1.54, 1.807) is 14.2 Å². The lowest BCUT2D eigenvalue weighted by atomic mass is 10.1. The van der Waals surface area contributed by atoms with Gasteiger partial charge >= 0.3 is 0 Å². The fraction of sp³-hybridized carbons (Fsp3) is 0.500. The van der Waals surface area contributed by atoms with Gasteiger partial charge in [-0.25, -0.2) is 0 Å². The second-order valence-electron chi connectivity index (χ2n) is 3.95. The zero-order valence-electron chi connectivity index (χ0n) is 9.19. The minimum Gasteiger partial charge on any atom is -0.497 e. The van der Waals surface area contributed by atoms with Gasteiger partial charge in [0.25, 0.3) is 0 Å². The second kappa shape index (κ2) is 4.11. The first kappa shape index (κ1) is 10.3. The van der Waals surface area contributed by atoms with Gasteiger partial charge in [0.15, 0.2) is 0 Å². The van der Waals surface area contributed by atoms with E-state index in [0.717, 1.165) is 18.0 Å². The Labute approximate surface area is 90.2 Å². The van der Waals surface area contributed by atoms with Crippen molar-refractivity contribution in [1.29, 1.82) is 0 Å². The monoisotopic (exact) mass is 207 g/mol. The van der Waals surface area contributed by atoms with E-state index < -0.39 is 0 Å². The van der Waals surface area contributed by atoms with Gasteiger partial charge in [-0.05, 0) is 43.0 Å².